The van der Waals surface area contributed by atoms with Crippen LogP contribution in [0.15, 0.2) is 36.4 Å². The number of benzene rings is 2. The number of ether oxygens (including phenoxy) is 1. The van der Waals surface area contributed by atoms with E-state index >= 15 is 0 Å². The molecule has 0 heterocycles. The van der Waals surface area contributed by atoms with Crippen molar-refractivity contribution >= 4 is 34.8 Å². The number of aryl methyl sites for hydroxylation is 2. The van der Waals surface area contributed by atoms with Gasteiger partial charge in [0.15, 0.2) is 6.10 Å². The zero-order valence-electron chi connectivity index (χ0n) is 12.6. The van der Waals surface area contributed by atoms with E-state index in [1.165, 1.54) is 5.56 Å². The van der Waals surface area contributed by atoms with Gasteiger partial charge in [-0.25, -0.2) is 0 Å². The summed E-state index contributed by atoms with van der Waals surface area (Å²) < 4.78 is 5.67. The molecule has 0 bridgehead atoms. The molecule has 0 aromatic heterocycles. The van der Waals surface area contributed by atoms with Crippen molar-refractivity contribution in [1.82, 2.24) is 0 Å². The molecule has 2 aromatic carbocycles. The van der Waals surface area contributed by atoms with Crippen molar-refractivity contribution in [3.8, 4) is 5.75 Å². The van der Waals surface area contributed by atoms with Crippen molar-refractivity contribution in [2.75, 3.05) is 5.32 Å². The van der Waals surface area contributed by atoms with Gasteiger partial charge in [-0.05, 0) is 62.2 Å². The van der Waals surface area contributed by atoms with Crippen LogP contribution in [-0.4, -0.2) is 12.0 Å². The van der Waals surface area contributed by atoms with E-state index in [1.54, 1.807) is 25.1 Å². The lowest BCUT2D eigenvalue weighted by Gasteiger charge is -2.16. The van der Waals surface area contributed by atoms with E-state index in [2.05, 4.69) is 5.32 Å². The maximum Gasteiger partial charge on any atom is 0.265 e. The first-order valence-corrected chi connectivity index (χ1v) is 7.62. The fourth-order valence-corrected chi connectivity index (χ4v) is 2.21. The van der Waals surface area contributed by atoms with Crippen LogP contribution in [0, 0.1) is 13.8 Å². The Hall–Kier alpha value is -1.71. The summed E-state index contributed by atoms with van der Waals surface area (Å²) in [6, 6.07) is 10.6. The van der Waals surface area contributed by atoms with Gasteiger partial charge in [0.2, 0.25) is 0 Å². The smallest absolute Gasteiger partial charge is 0.265 e. The molecule has 0 aliphatic carbocycles. The largest absolute Gasteiger partial charge is 0.481 e. The first kappa shape index (κ1) is 16.7. The molecule has 0 saturated carbocycles. The maximum atomic E-state index is 12.2. The number of nitrogens with one attached hydrogen (secondary N) is 1. The van der Waals surface area contributed by atoms with Gasteiger partial charge >= 0.3 is 0 Å². The quantitative estimate of drug-likeness (QED) is 0.850. The van der Waals surface area contributed by atoms with Crippen molar-refractivity contribution < 1.29 is 9.53 Å². The number of anilines is 1. The average molecular weight is 338 g/mol. The van der Waals surface area contributed by atoms with E-state index in [0.717, 1.165) is 5.56 Å². The van der Waals surface area contributed by atoms with Crippen LogP contribution >= 0.6 is 23.2 Å². The van der Waals surface area contributed by atoms with Crippen molar-refractivity contribution in [1.29, 1.82) is 0 Å². The van der Waals surface area contributed by atoms with E-state index < -0.39 is 6.10 Å². The molecule has 2 rings (SSSR count). The molecule has 1 N–H and O–H groups in total. The Bertz CT molecular complexity index is 701. The lowest BCUT2D eigenvalue weighted by atomic mass is 10.1. The summed E-state index contributed by atoms with van der Waals surface area (Å²) in [7, 11) is 0. The van der Waals surface area contributed by atoms with Crippen LogP contribution < -0.4 is 10.1 Å². The molecule has 3 nitrogen and oxygen atoms in total. The summed E-state index contributed by atoms with van der Waals surface area (Å²) in [5.41, 5.74) is 2.76. The molecule has 116 valence electrons. The first-order valence-electron chi connectivity index (χ1n) is 6.86. The molecule has 0 radical (unpaired) electrons. The normalized spacial score (nSPS) is 11.9. The summed E-state index contributed by atoms with van der Waals surface area (Å²) in [6.45, 7) is 5.71. The minimum atomic E-state index is -0.655. The van der Waals surface area contributed by atoms with Gasteiger partial charge in [0.25, 0.3) is 5.91 Å². The summed E-state index contributed by atoms with van der Waals surface area (Å²) in [5.74, 6) is 0.366. The number of carbonyl (C=O) groups is 1. The first-order chi connectivity index (χ1) is 10.4. The van der Waals surface area contributed by atoms with Crippen LogP contribution in [0.5, 0.6) is 5.75 Å². The second-order valence-corrected chi connectivity index (χ2v) is 5.96. The van der Waals surface area contributed by atoms with E-state index in [1.807, 2.05) is 32.0 Å². The molecular formula is C17H17Cl2NO2. The zero-order valence-corrected chi connectivity index (χ0v) is 14.1. The van der Waals surface area contributed by atoms with Gasteiger partial charge in [0.1, 0.15) is 5.75 Å². The average Bonchev–Trinajstić information content (AvgIpc) is 2.46. The van der Waals surface area contributed by atoms with Gasteiger partial charge in [-0.3, -0.25) is 4.79 Å². The van der Waals surface area contributed by atoms with Gasteiger partial charge in [0, 0.05) is 5.02 Å². The van der Waals surface area contributed by atoms with Gasteiger partial charge in [-0.1, -0.05) is 29.3 Å². The van der Waals surface area contributed by atoms with Gasteiger partial charge in [-0.15, -0.1) is 0 Å². The van der Waals surface area contributed by atoms with Crippen LogP contribution in [-0.2, 0) is 4.79 Å². The number of amides is 1. The summed E-state index contributed by atoms with van der Waals surface area (Å²) in [4.78, 5) is 12.2. The van der Waals surface area contributed by atoms with Crippen molar-refractivity contribution in [3.05, 3.63) is 57.6 Å². The second kappa shape index (κ2) is 7.03. The highest BCUT2D eigenvalue weighted by Crippen LogP contribution is 2.26. The fourth-order valence-electron chi connectivity index (χ4n) is 1.87. The third-order valence-electron chi connectivity index (χ3n) is 3.35. The third-order valence-corrected chi connectivity index (χ3v) is 3.91. The highest BCUT2D eigenvalue weighted by Gasteiger charge is 2.16. The molecule has 0 aliphatic heterocycles. The molecule has 5 heteroatoms. The monoisotopic (exact) mass is 337 g/mol. The Morgan fingerprint density at radius 2 is 1.82 bits per heavy atom. The van der Waals surface area contributed by atoms with Crippen LogP contribution in [0.4, 0.5) is 5.69 Å². The molecular weight excluding hydrogens is 321 g/mol. The van der Waals surface area contributed by atoms with E-state index in [0.29, 0.717) is 21.5 Å². The topological polar surface area (TPSA) is 38.3 Å². The molecule has 0 saturated heterocycles. The summed E-state index contributed by atoms with van der Waals surface area (Å²) in [6.07, 6.45) is -0.655. The predicted molar refractivity (Wildman–Crippen MR) is 91.1 cm³/mol. The van der Waals surface area contributed by atoms with Gasteiger partial charge < -0.3 is 10.1 Å². The second-order valence-electron chi connectivity index (χ2n) is 5.12. The number of hydrogen-bond acceptors (Lipinski definition) is 2. The Balaban J connectivity index is 2.05. The molecule has 1 atom stereocenters. The summed E-state index contributed by atoms with van der Waals surface area (Å²) in [5, 5.41) is 3.65. The molecule has 1 unspecified atom stereocenters. The maximum absolute atomic E-state index is 12.2. The molecule has 0 fully saturated rings. The number of hydrogen-bond donors (Lipinski definition) is 1. The van der Waals surface area contributed by atoms with Crippen molar-refractivity contribution in [2.24, 2.45) is 0 Å². The van der Waals surface area contributed by atoms with Crippen LogP contribution in [0.1, 0.15) is 18.1 Å². The fraction of sp³-hybridized carbons (Fsp3) is 0.235. The highest BCUT2D eigenvalue weighted by molar-refractivity contribution is 6.35. The van der Waals surface area contributed by atoms with Gasteiger partial charge in [-0.2, -0.15) is 0 Å². The lowest BCUT2D eigenvalue weighted by Crippen LogP contribution is -2.30. The Kier molecular flexibility index (Phi) is 5.33. The molecule has 0 aliphatic rings. The Morgan fingerprint density at radius 1 is 1.09 bits per heavy atom. The summed E-state index contributed by atoms with van der Waals surface area (Å²) >= 11 is 11.9. The lowest BCUT2D eigenvalue weighted by molar-refractivity contribution is -0.122. The van der Waals surface area contributed by atoms with Crippen LogP contribution in [0.2, 0.25) is 10.0 Å². The Morgan fingerprint density at radius 3 is 2.50 bits per heavy atom. The van der Waals surface area contributed by atoms with Crippen LogP contribution in [0.25, 0.3) is 0 Å². The van der Waals surface area contributed by atoms with Crippen molar-refractivity contribution in [3.63, 3.8) is 0 Å². The van der Waals surface area contributed by atoms with Crippen LogP contribution in [0.3, 0.4) is 0 Å². The molecule has 1 amide bonds. The predicted octanol–water partition coefficient (Wildman–Crippen LogP) is 5.02. The number of carbonyl (C=O) groups excluding carboxylic acids is 1. The molecule has 2 aromatic rings. The zero-order chi connectivity index (χ0) is 16.3. The number of halogens is 2. The van der Waals surface area contributed by atoms with E-state index in [4.69, 9.17) is 27.9 Å². The van der Waals surface area contributed by atoms with E-state index in [9.17, 15) is 4.79 Å². The third kappa shape index (κ3) is 4.15. The van der Waals surface area contributed by atoms with Gasteiger partial charge in [0.05, 0.1) is 10.7 Å². The highest BCUT2D eigenvalue weighted by atomic mass is 35.5. The van der Waals surface area contributed by atoms with E-state index in [-0.39, 0.29) is 5.91 Å². The Labute approximate surface area is 140 Å². The minimum Gasteiger partial charge on any atom is -0.481 e. The molecule has 22 heavy (non-hydrogen) atoms. The number of rotatable bonds is 4. The van der Waals surface area contributed by atoms with Crippen molar-refractivity contribution in [2.45, 2.75) is 26.9 Å². The molecule has 0 spiro atoms. The SMILES string of the molecule is Cc1ccc(OC(C)C(=O)Nc2cc(Cl)ccc2Cl)cc1C. The minimum absolute atomic E-state index is 0.289. The standard InChI is InChI=1S/C17H17Cl2NO2/c1-10-4-6-14(8-11(10)2)22-12(3)17(21)20-16-9-13(18)5-7-15(16)19/h4-9,12H,1-3H3,(H,20,21).